The van der Waals surface area contributed by atoms with Crippen molar-refractivity contribution in [3.8, 4) is 0 Å². The highest BCUT2D eigenvalue weighted by molar-refractivity contribution is 5.70. The van der Waals surface area contributed by atoms with E-state index in [4.69, 9.17) is 14.2 Å². The van der Waals surface area contributed by atoms with E-state index in [9.17, 15) is 9.59 Å². The van der Waals surface area contributed by atoms with Crippen LogP contribution in [0.2, 0.25) is 0 Å². The number of carbonyl (C=O) groups excluding carboxylic acids is 2. The fourth-order valence-electron chi connectivity index (χ4n) is 8.36. The van der Waals surface area contributed by atoms with Crippen molar-refractivity contribution in [2.45, 2.75) is 309 Å². The molecule has 1 unspecified atom stereocenters. The van der Waals surface area contributed by atoms with Crippen LogP contribution in [0.1, 0.15) is 303 Å². The molecule has 0 aromatic rings. The summed E-state index contributed by atoms with van der Waals surface area (Å²) in [5, 5.41) is 0. The predicted octanol–water partition coefficient (Wildman–Crippen LogP) is 19.4. The normalized spacial score (nSPS) is 12.4. The van der Waals surface area contributed by atoms with Crippen molar-refractivity contribution >= 4 is 11.9 Å². The third-order valence-corrected chi connectivity index (χ3v) is 12.6. The summed E-state index contributed by atoms with van der Waals surface area (Å²) in [6.07, 6.45) is 67.3. The molecule has 376 valence electrons. The van der Waals surface area contributed by atoms with Crippen molar-refractivity contribution < 1.29 is 23.8 Å². The molecule has 0 spiro atoms. The molecule has 0 heterocycles. The highest BCUT2D eigenvalue weighted by Crippen LogP contribution is 2.16. The van der Waals surface area contributed by atoms with Gasteiger partial charge in [0.2, 0.25) is 0 Å². The molecule has 64 heavy (non-hydrogen) atoms. The largest absolute Gasteiger partial charge is 0.462 e. The number of rotatable bonds is 53. The molecule has 1 atom stereocenters. The summed E-state index contributed by atoms with van der Waals surface area (Å²) in [5.41, 5.74) is 0. The van der Waals surface area contributed by atoms with Gasteiger partial charge in [0.25, 0.3) is 0 Å². The second-order valence-electron chi connectivity index (χ2n) is 19.2. The van der Waals surface area contributed by atoms with Crippen LogP contribution in [0.25, 0.3) is 0 Å². The van der Waals surface area contributed by atoms with Crippen LogP contribution >= 0.6 is 0 Å². The Balaban J connectivity index is 4.25. The van der Waals surface area contributed by atoms with Crippen LogP contribution in [0.3, 0.4) is 0 Å². The summed E-state index contributed by atoms with van der Waals surface area (Å²) in [6.45, 7) is 7.84. The van der Waals surface area contributed by atoms with Crippen LogP contribution in [-0.4, -0.2) is 37.9 Å². The molecule has 5 nitrogen and oxygen atoms in total. The van der Waals surface area contributed by atoms with Crippen LogP contribution in [0.5, 0.6) is 0 Å². The standard InChI is InChI=1S/C59H110O5/c1-4-7-10-13-16-19-22-25-28-30-32-34-37-40-43-46-49-52-58(60)63-56-57(55-62-54-51-48-45-42-39-36-33-29-26-23-20-17-14-11-8-5-2)64-59(61)53-50-47-44-41-38-35-31-27-24-21-18-15-12-9-6-3/h16,19,25,27-28,31,57H,4-15,17-18,20-24,26,29-30,32-56H2,1-3H3/b19-16-,28-25-,31-27-. The molecule has 0 saturated carbocycles. The van der Waals surface area contributed by atoms with Crippen molar-refractivity contribution in [3.05, 3.63) is 36.5 Å². The fourth-order valence-corrected chi connectivity index (χ4v) is 8.36. The van der Waals surface area contributed by atoms with Crippen molar-refractivity contribution in [3.63, 3.8) is 0 Å². The molecule has 0 radical (unpaired) electrons. The lowest BCUT2D eigenvalue weighted by Crippen LogP contribution is -2.30. The molecule has 5 heteroatoms. The van der Waals surface area contributed by atoms with Gasteiger partial charge in [-0.25, -0.2) is 0 Å². The Labute approximate surface area is 400 Å². The Morgan fingerprint density at radius 3 is 1.08 bits per heavy atom. The summed E-state index contributed by atoms with van der Waals surface area (Å²) in [7, 11) is 0. The van der Waals surface area contributed by atoms with Crippen molar-refractivity contribution in [1.82, 2.24) is 0 Å². The maximum absolute atomic E-state index is 12.8. The molecule has 0 aliphatic rings. The smallest absolute Gasteiger partial charge is 0.306 e. The minimum Gasteiger partial charge on any atom is -0.462 e. The minimum atomic E-state index is -0.539. The molecule has 0 aromatic heterocycles. The zero-order chi connectivity index (χ0) is 46.3. The Hall–Kier alpha value is -1.88. The van der Waals surface area contributed by atoms with Crippen LogP contribution < -0.4 is 0 Å². The highest BCUT2D eigenvalue weighted by atomic mass is 16.6. The van der Waals surface area contributed by atoms with Crippen LogP contribution in [0.15, 0.2) is 36.5 Å². The van der Waals surface area contributed by atoms with E-state index in [1.807, 2.05) is 0 Å². The lowest BCUT2D eigenvalue weighted by Gasteiger charge is -2.18. The summed E-state index contributed by atoms with van der Waals surface area (Å²) in [6, 6.07) is 0. The van der Waals surface area contributed by atoms with E-state index in [1.54, 1.807) is 0 Å². The molecule has 0 aliphatic carbocycles. The van der Waals surface area contributed by atoms with Gasteiger partial charge in [0.15, 0.2) is 6.10 Å². The van der Waals surface area contributed by atoms with Gasteiger partial charge in [0.05, 0.1) is 6.61 Å². The number of esters is 2. The summed E-state index contributed by atoms with van der Waals surface area (Å²) in [4.78, 5) is 25.5. The fraction of sp³-hybridized carbons (Fsp3) is 0.864. The van der Waals surface area contributed by atoms with Crippen LogP contribution in [-0.2, 0) is 23.8 Å². The molecular formula is C59H110O5. The van der Waals surface area contributed by atoms with Crippen molar-refractivity contribution in [2.75, 3.05) is 19.8 Å². The lowest BCUT2D eigenvalue weighted by molar-refractivity contribution is -0.163. The number of ether oxygens (including phenoxy) is 3. The first-order valence-corrected chi connectivity index (χ1v) is 28.5. The van der Waals surface area contributed by atoms with Gasteiger partial charge in [0, 0.05) is 19.4 Å². The van der Waals surface area contributed by atoms with E-state index in [-0.39, 0.29) is 25.2 Å². The second-order valence-corrected chi connectivity index (χ2v) is 19.2. The zero-order valence-electron chi connectivity index (χ0n) is 43.3. The summed E-state index contributed by atoms with van der Waals surface area (Å²) in [5.74, 6) is -0.398. The Kier molecular flexibility index (Phi) is 53.8. The first-order chi connectivity index (χ1) is 31.6. The zero-order valence-corrected chi connectivity index (χ0v) is 43.3. The average molecular weight is 900 g/mol. The molecule has 0 aromatic carbocycles. The Morgan fingerprint density at radius 2 is 0.656 bits per heavy atom. The first kappa shape index (κ1) is 62.1. The molecule has 0 aliphatic heterocycles. The SMILES string of the molecule is CCCCC/C=C\C/C=C\CCCCCCCCCC(=O)OCC(COCCCCCCCCCCCCCCCCCC)OC(=O)CCCCCCC/C=C\CCCCCCCC. The maximum Gasteiger partial charge on any atom is 0.306 e. The topological polar surface area (TPSA) is 61.8 Å². The monoisotopic (exact) mass is 899 g/mol. The van der Waals surface area contributed by atoms with Crippen LogP contribution in [0, 0.1) is 0 Å². The third-order valence-electron chi connectivity index (χ3n) is 12.6. The van der Waals surface area contributed by atoms with Gasteiger partial charge in [-0.15, -0.1) is 0 Å². The Morgan fingerprint density at radius 1 is 0.344 bits per heavy atom. The van der Waals surface area contributed by atoms with E-state index in [0.29, 0.717) is 19.4 Å². The van der Waals surface area contributed by atoms with E-state index < -0.39 is 6.10 Å². The maximum atomic E-state index is 12.8. The predicted molar refractivity (Wildman–Crippen MR) is 279 cm³/mol. The van der Waals surface area contributed by atoms with Gasteiger partial charge in [-0.3, -0.25) is 9.59 Å². The van der Waals surface area contributed by atoms with E-state index in [2.05, 4.69) is 57.2 Å². The van der Waals surface area contributed by atoms with Crippen molar-refractivity contribution in [1.29, 1.82) is 0 Å². The van der Waals surface area contributed by atoms with Gasteiger partial charge < -0.3 is 14.2 Å². The number of hydrogen-bond donors (Lipinski definition) is 0. The molecule has 0 fully saturated rings. The van der Waals surface area contributed by atoms with Gasteiger partial charge in [-0.1, -0.05) is 250 Å². The van der Waals surface area contributed by atoms with Gasteiger partial charge >= 0.3 is 11.9 Å². The molecular weight excluding hydrogens is 789 g/mol. The van der Waals surface area contributed by atoms with E-state index in [1.165, 1.54) is 212 Å². The van der Waals surface area contributed by atoms with Crippen molar-refractivity contribution in [2.24, 2.45) is 0 Å². The van der Waals surface area contributed by atoms with Gasteiger partial charge in [-0.2, -0.15) is 0 Å². The number of hydrogen-bond acceptors (Lipinski definition) is 5. The molecule has 0 bridgehead atoms. The van der Waals surface area contributed by atoms with E-state index >= 15 is 0 Å². The average Bonchev–Trinajstić information content (AvgIpc) is 3.30. The third kappa shape index (κ3) is 52.7. The number of carbonyl (C=O) groups is 2. The van der Waals surface area contributed by atoms with E-state index in [0.717, 1.165) is 57.8 Å². The second kappa shape index (κ2) is 55.4. The summed E-state index contributed by atoms with van der Waals surface area (Å²) >= 11 is 0. The molecule has 0 saturated heterocycles. The quantitative estimate of drug-likeness (QED) is 0.0346. The molecule has 0 N–H and O–H groups in total. The minimum absolute atomic E-state index is 0.0829. The molecule has 0 rings (SSSR count). The Bertz CT molecular complexity index is 1020. The van der Waals surface area contributed by atoms with Gasteiger partial charge in [0.1, 0.15) is 6.61 Å². The highest BCUT2D eigenvalue weighted by Gasteiger charge is 2.17. The number of allylic oxidation sites excluding steroid dienone is 6. The summed E-state index contributed by atoms with van der Waals surface area (Å²) < 4.78 is 17.5. The van der Waals surface area contributed by atoms with Crippen LogP contribution in [0.4, 0.5) is 0 Å². The lowest BCUT2D eigenvalue weighted by atomic mass is 10.0. The first-order valence-electron chi connectivity index (χ1n) is 28.5. The van der Waals surface area contributed by atoms with Gasteiger partial charge in [-0.05, 0) is 77.0 Å². The molecule has 0 amide bonds. The number of unbranched alkanes of at least 4 members (excludes halogenated alkanes) is 36.